The van der Waals surface area contributed by atoms with Gasteiger partial charge >= 0.3 is 5.97 Å². The molecule has 1 N–H and O–H groups in total. The molecule has 2 aromatic carbocycles. The largest absolute Gasteiger partial charge is 0.463 e. The number of carbonyl (C=O) groups excluding carboxylic acids is 2. The van der Waals surface area contributed by atoms with Crippen LogP contribution in [-0.2, 0) is 9.53 Å². The van der Waals surface area contributed by atoms with Gasteiger partial charge in [0.15, 0.2) is 12.4 Å². The third kappa shape index (κ3) is 4.22. The maximum atomic E-state index is 12.8. The number of esters is 1. The lowest BCUT2D eigenvalue weighted by atomic mass is 10.1. The number of hydrogen-bond acceptors (Lipinski definition) is 5. The lowest BCUT2D eigenvalue weighted by molar-refractivity contribution is -0.124. The van der Waals surface area contributed by atoms with E-state index in [1.54, 1.807) is 30.5 Å². The zero-order chi connectivity index (χ0) is 20.9. The minimum Gasteiger partial charge on any atom is -0.463 e. The van der Waals surface area contributed by atoms with Crippen molar-refractivity contribution in [2.75, 3.05) is 6.61 Å². The van der Waals surface area contributed by atoms with Gasteiger partial charge in [-0.1, -0.05) is 48.5 Å². The summed E-state index contributed by atoms with van der Waals surface area (Å²) in [5, 5.41) is 3.48. The number of rotatable bonds is 6. The Kier molecular flexibility index (Phi) is 5.57. The van der Waals surface area contributed by atoms with E-state index in [0.717, 1.165) is 5.56 Å². The van der Waals surface area contributed by atoms with Gasteiger partial charge in [-0.15, -0.1) is 0 Å². The first-order valence-corrected chi connectivity index (χ1v) is 9.57. The Morgan fingerprint density at radius 3 is 2.57 bits per heavy atom. The van der Waals surface area contributed by atoms with E-state index in [1.165, 1.54) is 0 Å². The average molecular weight is 400 g/mol. The fourth-order valence-corrected chi connectivity index (χ4v) is 3.21. The molecular formula is C24H20N2O4. The SMILES string of the molecule is C[C@H](NC(=O)COC(=O)c1cc(-c2ccco2)nc2ccccc12)c1ccccc1. The Bertz CT molecular complexity index is 1170. The van der Waals surface area contributed by atoms with Gasteiger partial charge in [0.05, 0.1) is 23.4 Å². The predicted molar refractivity (Wildman–Crippen MR) is 113 cm³/mol. The Hall–Kier alpha value is -3.93. The number of ether oxygens (including phenoxy) is 1. The normalized spacial score (nSPS) is 11.8. The Morgan fingerprint density at radius 2 is 1.80 bits per heavy atom. The maximum absolute atomic E-state index is 12.8. The van der Waals surface area contributed by atoms with Crippen LogP contribution in [0, 0.1) is 0 Å². The summed E-state index contributed by atoms with van der Waals surface area (Å²) in [6.45, 7) is 1.50. The maximum Gasteiger partial charge on any atom is 0.339 e. The first-order valence-electron chi connectivity index (χ1n) is 9.57. The molecule has 1 atom stereocenters. The first kappa shape index (κ1) is 19.4. The summed E-state index contributed by atoms with van der Waals surface area (Å²) in [7, 11) is 0. The highest BCUT2D eigenvalue weighted by Gasteiger charge is 2.18. The number of aromatic nitrogens is 1. The summed E-state index contributed by atoms with van der Waals surface area (Å²) in [6.07, 6.45) is 1.54. The van der Waals surface area contributed by atoms with Crippen molar-refractivity contribution in [3.63, 3.8) is 0 Å². The van der Waals surface area contributed by atoms with Gasteiger partial charge in [-0.2, -0.15) is 0 Å². The lowest BCUT2D eigenvalue weighted by Crippen LogP contribution is -2.31. The minimum atomic E-state index is -0.594. The Morgan fingerprint density at radius 1 is 1.03 bits per heavy atom. The predicted octanol–water partition coefficient (Wildman–Crippen LogP) is 4.53. The highest BCUT2D eigenvalue weighted by atomic mass is 16.5. The number of para-hydroxylation sites is 1. The van der Waals surface area contributed by atoms with Gasteiger partial charge in [-0.05, 0) is 36.8 Å². The van der Waals surface area contributed by atoms with Crippen molar-refractivity contribution < 1.29 is 18.7 Å². The van der Waals surface area contributed by atoms with Crippen molar-refractivity contribution in [3.05, 3.63) is 90.2 Å². The van der Waals surface area contributed by atoms with E-state index in [9.17, 15) is 9.59 Å². The van der Waals surface area contributed by atoms with Gasteiger partial charge in [0.25, 0.3) is 5.91 Å². The van der Waals surface area contributed by atoms with Crippen molar-refractivity contribution >= 4 is 22.8 Å². The number of nitrogens with zero attached hydrogens (tertiary/aromatic N) is 1. The second-order valence-corrected chi connectivity index (χ2v) is 6.83. The number of amides is 1. The number of fused-ring (bicyclic) bond motifs is 1. The Balaban J connectivity index is 1.50. The van der Waals surface area contributed by atoms with Crippen LogP contribution < -0.4 is 5.32 Å². The highest BCUT2D eigenvalue weighted by Crippen LogP contribution is 2.25. The van der Waals surface area contributed by atoms with Crippen LogP contribution in [-0.4, -0.2) is 23.5 Å². The zero-order valence-electron chi connectivity index (χ0n) is 16.4. The quantitative estimate of drug-likeness (QED) is 0.481. The van der Waals surface area contributed by atoms with Gasteiger partial charge in [-0.25, -0.2) is 9.78 Å². The molecule has 4 aromatic rings. The number of benzene rings is 2. The van der Waals surface area contributed by atoms with Crippen LogP contribution in [0.4, 0.5) is 0 Å². The molecule has 0 bridgehead atoms. The van der Waals surface area contributed by atoms with Crippen molar-refractivity contribution in [3.8, 4) is 11.5 Å². The summed E-state index contributed by atoms with van der Waals surface area (Å²) in [5.74, 6) is -0.419. The lowest BCUT2D eigenvalue weighted by Gasteiger charge is -2.14. The molecule has 0 fully saturated rings. The molecule has 0 aliphatic heterocycles. The monoisotopic (exact) mass is 400 g/mol. The second kappa shape index (κ2) is 8.61. The molecule has 0 aliphatic carbocycles. The fraction of sp³-hybridized carbons (Fsp3) is 0.125. The van der Waals surface area contributed by atoms with E-state index in [4.69, 9.17) is 9.15 Å². The van der Waals surface area contributed by atoms with Gasteiger partial charge in [0.2, 0.25) is 0 Å². The van der Waals surface area contributed by atoms with Crippen molar-refractivity contribution in [1.82, 2.24) is 10.3 Å². The molecule has 0 spiro atoms. The molecule has 150 valence electrons. The van der Waals surface area contributed by atoms with E-state index >= 15 is 0 Å². The molecule has 6 nitrogen and oxygen atoms in total. The van der Waals surface area contributed by atoms with Gasteiger partial charge in [0, 0.05) is 5.39 Å². The van der Waals surface area contributed by atoms with Crippen LogP contribution in [0.3, 0.4) is 0 Å². The molecule has 1 amide bonds. The smallest absolute Gasteiger partial charge is 0.339 e. The van der Waals surface area contributed by atoms with E-state index in [0.29, 0.717) is 27.9 Å². The molecule has 0 aliphatic rings. The zero-order valence-corrected chi connectivity index (χ0v) is 16.4. The molecular weight excluding hydrogens is 380 g/mol. The van der Waals surface area contributed by atoms with Crippen molar-refractivity contribution in [2.24, 2.45) is 0 Å². The van der Waals surface area contributed by atoms with E-state index in [-0.39, 0.29) is 18.6 Å². The van der Waals surface area contributed by atoms with Crippen LogP contribution >= 0.6 is 0 Å². The highest BCUT2D eigenvalue weighted by molar-refractivity contribution is 6.05. The van der Waals surface area contributed by atoms with E-state index < -0.39 is 5.97 Å². The van der Waals surface area contributed by atoms with E-state index in [1.807, 2.05) is 55.5 Å². The molecule has 30 heavy (non-hydrogen) atoms. The molecule has 0 saturated heterocycles. The minimum absolute atomic E-state index is 0.190. The number of nitrogens with one attached hydrogen (secondary N) is 1. The molecule has 6 heteroatoms. The molecule has 0 saturated carbocycles. The van der Waals surface area contributed by atoms with Crippen LogP contribution in [0.2, 0.25) is 0 Å². The van der Waals surface area contributed by atoms with E-state index in [2.05, 4.69) is 10.3 Å². The molecule has 0 radical (unpaired) electrons. The first-order chi connectivity index (χ1) is 14.6. The van der Waals surface area contributed by atoms with Crippen LogP contribution in [0.5, 0.6) is 0 Å². The van der Waals surface area contributed by atoms with Crippen molar-refractivity contribution in [1.29, 1.82) is 0 Å². The average Bonchev–Trinajstić information content (AvgIpc) is 3.32. The Labute approximate surface area is 173 Å². The van der Waals surface area contributed by atoms with Crippen molar-refractivity contribution in [2.45, 2.75) is 13.0 Å². The summed E-state index contributed by atoms with van der Waals surface area (Å²) < 4.78 is 10.7. The number of furan rings is 1. The third-order valence-electron chi connectivity index (χ3n) is 4.72. The number of carbonyl (C=O) groups is 2. The number of hydrogen-bond donors (Lipinski definition) is 1. The third-order valence-corrected chi connectivity index (χ3v) is 4.72. The van der Waals surface area contributed by atoms with Gasteiger partial charge < -0.3 is 14.5 Å². The topological polar surface area (TPSA) is 81.4 Å². The summed E-state index contributed by atoms with van der Waals surface area (Å²) in [5.41, 5.74) is 2.46. The van der Waals surface area contributed by atoms with Gasteiger partial charge in [0.1, 0.15) is 5.69 Å². The van der Waals surface area contributed by atoms with Crippen LogP contribution in [0.1, 0.15) is 28.9 Å². The molecule has 2 aromatic heterocycles. The molecule has 4 rings (SSSR count). The van der Waals surface area contributed by atoms with Gasteiger partial charge in [-0.3, -0.25) is 4.79 Å². The standard InChI is InChI=1S/C24H20N2O4/c1-16(17-8-3-2-4-9-17)25-23(27)15-30-24(28)19-14-21(22-12-7-13-29-22)26-20-11-6-5-10-18(19)20/h2-14,16H,15H2,1H3,(H,25,27)/t16-/m0/s1. The molecule has 2 heterocycles. The molecule has 0 unspecified atom stereocenters. The van der Waals surface area contributed by atoms with Crippen LogP contribution in [0.15, 0.2) is 83.5 Å². The second-order valence-electron chi connectivity index (χ2n) is 6.83. The summed E-state index contributed by atoms with van der Waals surface area (Å²) in [4.78, 5) is 29.6. The fourth-order valence-electron chi connectivity index (χ4n) is 3.21. The van der Waals surface area contributed by atoms with Crippen LogP contribution in [0.25, 0.3) is 22.4 Å². The number of pyridine rings is 1. The summed E-state index contributed by atoms with van der Waals surface area (Å²) in [6, 6.07) is 21.8. The summed E-state index contributed by atoms with van der Waals surface area (Å²) >= 11 is 0.